The van der Waals surface area contributed by atoms with Crippen LogP contribution in [0.15, 0.2) is 36.7 Å². The molecule has 1 aromatic carbocycles. The lowest BCUT2D eigenvalue weighted by atomic mass is 10.1. The van der Waals surface area contributed by atoms with Crippen LogP contribution in [0.5, 0.6) is 0 Å². The van der Waals surface area contributed by atoms with Crippen molar-refractivity contribution < 1.29 is 5.11 Å². The van der Waals surface area contributed by atoms with Crippen molar-refractivity contribution in [1.29, 1.82) is 0 Å². The topological polar surface area (TPSA) is 50.9 Å². The Morgan fingerprint density at radius 1 is 1.39 bits per heavy atom. The molecule has 94 valence electrons. The van der Waals surface area contributed by atoms with E-state index in [1.165, 1.54) is 11.9 Å². The molecular formula is C14H17N3O. The first-order valence-corrected chi connectivity index (χ1v) is 6.42. The van der Waals surface area contributed by atoms with Crippen molar-refractivity contribution in [2.24, 2.45) is 5.92 Å². The molecule has 3 atom stereocenters. The molecule has 0 radical (unpaired) electrons. The van der Waals surface area contributed by atoms with E-state index in [1.807, 2.05) is 25.1 Å². The van der Waals surface area contributed by atoms with E-state index >= 15 is 0 Å². The van der Waals surface area contributed by atoms with Gasteiger partial charge in [0.25, 0.3) is 0 Å². The second-order valence-corrected chi connectivity index (χ2v) is 4.80. The van der Waals surface area contributed by atoms with E-state index in [0.717, 1.165) is 13.0 Å². The van der Waals surface area contributed by atoms with Gasteiger partial charge in [0.2, 0.25) is 0 Å². The van der Waals surface area contributed by atoms with Gasteiger partial charge in [0.05, 0.1) is 0 Å². The van der Waals surface area contributed by atoms with E-state index in [9.17, 15) is 5.11 Å². The van der Waals surface area contributed by atoms with Gasteiger partial charge in [-0.1, -0.05) is 30.3 Å². The Labute approximate surface area is 106 Å². The number of nitrogens with zero attached hydrogens (tertiary/aromatic N) is 3. The van der Waals surface area contributed by atoms with Gasteiger partial charge >= 0.3 is 0 Å². The third-order valence-corrected chi connectivity index (χ3v) is 3.68. The van der Waals surface area contributed by atoms with Gasteiger partial charge in [0.1, 0.15) is 12.4 Å². The molecule has 3 rings (SSSR count). The zero-order valence-corrected chi connectivity index (χ0v) is 10.4. The van der Waals surface area contributed by atoms with E-state index in [2.05, 4.69) is 22.2 Å². The van der Waals surface area contributed by atoms with Crippen LogP contribution in [-0.4, -0.2) is 19.9 Å². The fraction of sp³-hybridized carbons (Fsp3) is 0.429. The number of aromatic nitrogens is 3. The largest absolute Gasteiger partial charge is 0.385 e. The summed E-state index contributed by atoms with van der Waals surface area (Å²) in [6, 6.07) is 10.4. The summed E-state index contributed by atoms with van der Waals surface area (Å²) in [6.45, 7) is 2.75. The third-order valence-electron chi connectivity index (χ3n) is 3.68. The molecule has 18 heavy (non-hydrogen) atoms. The van der Waals surface area contributed by atoms with Crippen LogP contribution in [-0.2, 0) is 6.54 Å². The summed E-state index contributed by atoms with van der Waals surface area (Å²) in [4.78, 5) is 4.18. The molecule has 0 saturated heterocycles. The minimum atomic E-state index is -0.502. The minimum Gasteiger partial charge on any atom is -0.385 e. The van der Waals surface area contributed by atoms with Crippen molar-refractivity contribution in [2.45, 2.75) is 31.9 Å². The SMILES string of the molecule is CCn1ncnc1C(O)C1CC1c1ccccc1. The predicted molar refractivity (Wildman–Crippen MR) is 67.9 cm³/mol. The van der Waals surface area contributed by atoms with Gasteiger partial charge in [-0.2, -0.15) is 5.10 Å². The molecule has 1 heterocycles. The van der Waals surface area contributed by atoms with Gasteiger partial charge in [0, 0.05) is 6.54 Å². The quantitative estimate of drug-likeness (QED) is 0.895. The highest BCUT2D eigenvalue weighted by molar-refractivity contribution is 5.27. The molecule has 2 aromatic rings. The molecule has 1 N–H and O–H groups in total. The second-order valence-electron chi connectivity index (χ2n) is 4.80. The number of hydrogen-bond acceptors (Lipinski definition) is 3. The number of aryl methyl sites for hydroxylation is 1. The molecule has 4 heteroatoms. The highest BCUT2D eigenvalue weighted by atomic mass is 16.3. The first kappa shape index (κ1) is 11.4. The minimum absolute atomic E-state index is 0.280. The first-order chi connectivity index (χ1) is 8.81. The summed E-state index contributed by atoms with van der Waals surface area (Å²) in [5, 5.41) is 14.5. The highest BCUT2D eigenvalue weighted by Gasteiger charge is 2.45. The van der Waals surface area contributed by atoms with Crippen molar-refractivity contribution in [3.8, 4) is 0 Å². The summed E-state index contributed by atoms with van der Waals surface area (Å²) in [5.41, 5.74) is 1.31. The summed E-state index contributed by atoms with van der Waals surface area (Å²) >= 11 is 0. The number of benzene rings is 1. The van der Waals surface area contributed by atoms with Crippen molar-refractivity contribution in [1.82, 2.24) is 14.8 Å². The molecule has 1 aliphatic rings. The summed E-state index contributed by atoms with van der Waals surface area (Å²) in [7, 11) is 0. The van der Waals surface area contributed by atoms with Gasteiger partial charge in [-0.15, -0.1) is 0 Å². The standard InChI is InChI=1S/C14H17N3O/c1-2-17-14(15-9-16-17)13(18)12-8-11(12)10-6-4-3-5-7-10/h3-7,9,11-13,18H,2,8H2,1H3. The van der Waals surface area contributed by atoms with Crippen LogP contribution in [0.1, 0.15) is 36.8 Å². The van der Waals surface area contributed by atoms with E-state index in [0.29, 0.717) is 11.7 Å². The Kier molecular flexibility index (Phi) is 2.88. The van der Waals surface area contributed by atoms with Crippen LogP contribution in [0.25, 0.3) is 0 Å². The molecule has 1 saturated carbocycles. The normalized spacial score (nSPS) is 23.9. The number of rotatable bonds is 4. The lowest BCUT2D eigenvalue weighted by molar-refractivity contribution is 0.136. The van der Waals surface area contributed by atoms with Gasteiger partial charge in [0.15, 0.2) is 5.82 Å². The number of aliphatic hydroxyl groups is 1. The van der Waals surface area contributed by atoms with E-state index in [1.54, 1.807) is 4.68 Å². The molecule has 1 aliphatic carbocycles. The average Bonchev–Trinajstić information content (AvgIpc) is 3.08. The van der Waals surface area contributed by atoms with Gasteiger partial charge in [-0.3, -0.25) is 0 Å². The molecule has 0 amide bonds. The maximum atomic E-state index is 10.4. The summed E-state index contributed by atoms with van der Waals surface area (Å²) in [6.07, 6.45) is 2.04. The van der Waals surface area contributed by atoms with Crippen molar-refractivity contribution in [3.63, 3.8) is 0 Å². The van der Waals surface area contributed by atoms with E-state index < -0.39 is 6.10 Å². The molecular weight excluding hydrogens is 226 g/mol. The van der Waals surface area contributed by atoms with Crippen LogP contribution < -0.4 is 0 Å². The summed E-state index contributed by atoms with van der Waals surface area (Å²) in [5.74, 6) is 1.44. The molecule has 4 nitrogen and oxygen atoms in total. The predicted octanol–water partition coefficient (Wildman–Crippen LogP) is 2.14. The van der Waals surface area contributed by atoms with Gasteiger partial charge in [-0.25, -0.2) is 9.67 Å². The Morgan fingerprint density at radius 2 is 2.17 bits per heavy atom. The zero-order valence-electron chi connectivity index (χ0n) is 10.4. The second kappa shape index (κ2) is 4.53. The number of hydrogen-bond donors (Lipinski definition) is 1. The molecule has 1 fully saturated rings. The Bertz CT molecular complexity index is 523. The maximum Gasteiger partial charge on any atom is 0.156 e. The van der Waals surface area contributed by atoms with Gasteiger partial charge in [-0.05, 0) is 30.7 Å². The lowest BCUT2D eigenvalue weighted by Gasteiger charge is -2.10. The zero-order chi connectivity index (χ0) is 12.5. The van der Waals surface area contributed by atoms with Crippen molar-refractivity contribution in [2.75, 3.05) is 0 Å². The number of aliphatic hydroxyl groups excluding tert-OH is 1. The van der Waals surface area contributed by atoms with E-state index in [-0.39, 0.29) is 5.92 Å². The fourth-order valence-corrected chi connectivity index (χ4v) is 2.58. The molecule has 0 spiro atoms. The Balaban J connectivity index is 1.75. The Morgan fingerprint density at radius 3 is 2.89 bits per heavy atom. The molecule has 3 unspecified atom stereocenters. The lowest BCUT2D eigenvalue weighted by Crippen LogP contribution is -2.11. The third kappa shape index (κ3) is 1.93. The maximum absolute atomic E-state index is 10.4. The smallest absolute Gasteiger partial charge is 0.156 e. The fourth-order valence-electron chi connectivity index (χ4n) is 2.58. The first-order valence-electron chi connectivity index (χ1n) is 6.42. The van der Waals surface area contributed by atoms with Crippen LogP contribution >= 0.6 is 0 Å². The van der Waals surface area contributed by atoms with Crippen molar-refractivity contribution in [3.05, 3.63) is 48.0 Å². The van der Waals surface area contributed by atoms with Crippen molar-refractivity contribution >= 4 is 0 Å². The Hall–Kier alpha value is -1.68. The summed E-state index contributed by atoms with van der Waals surface area (Å²) < 4.78 is 1.77. The average molecular weight is 243 g/mol. The van der Waals surface area contributed by atoms with Crippen LogP contribution in [0.4, 0.5) is 0 Å². The highest BCUT2D eigenvalue weighted by Crippen LogP contribution is 2.53. The van der Waals surface area contributed by atoms with Crippen LogP contribution in [0.3, 0.4) is 0 Å². The molecule has 0 aliphatic heterocycles. The monoisotopic (exact) mass is 243 g/mol. The van der Waals surface area contributed by atoms with Crippen LogP contribution in [0.2, 0.25) is 0 Å². The molecule has 0 bridgehead atoms. The molecule has 1 aromatic heterocycles. The van der Waals surface area contributed by atoms with Crippen LogP contribution in [0, 0.1) is 5.92 Å². The van der Waals surface area contributed by atoms with Gasteiger partial charge < -0.3 is 5.11 Å². The van der Waals surface area contributed by atoms with E-state index in [4.69, 9.17) is 0 Å².